The second-order valence-corrected chi connectivity index (χ2v) is 3.30. The van der Waals surface area contributed by atoms with Gasteiger partial charge in [0.05, 0.1) is 12.5 Å². The molecular formula is C12H16O2. The maximum Gasteiger partial charge on any atom is 0.313 e. The maximum absolute atomic E-state index is 11.5. The lowest BCUT2D eigenvalue weighted by Crippen LogP contribution is -2.13. The molecule has 2 heteroatoms. The Labute approximate surface area is 84.9 Å². The van der Waals surface area contributed by atoms with E-state index in [1.54, 1.807) is 0 Å². The van der Waals surface area contributed by atoms with Gasteiger partial charge in [-0.1, -0.05) is 37.3 Å². The smallest absolute Gasteiger partial charge is 0.313 e. The summed E-state index contributed by atoms with van der Waals surface area (Å²) in [4.78, 5) is 11.5. The van der Waals surface area contributed by atoms with E-state index in [1.807, 2.05) is 44.2 Å². The fraction of sp³-hybridized carbons (Fsp3) is 0.417. The Morgan fingerprint density at radius 1 is 1.36 bits per heavy atom. The van der Waals surface area contributed by atoms with Crippen LogP contribution < -0.4 is 0 Å². The number of hydrogen-bond donors (Lipinski definition) is 0. The van der Waals surface area contributed by atoms with Gasteiger partial charge in [-0.3, -0.25) is 4.79 Å². The highest BCUT2D eigenvalue weighted by Crippen LogP contribution is 2.15. The molecule has 0 heterocycles. The van der Waals surface area contributed by atoms with Crippen LogP contribution in [0, 0.1) is 0 Å². The van der Waals surface area contributed by atoms with E-state index in [-0.39, 0.29) is 11.9 Å². The molecule has 1 rings (SSSR count). The minimum Gasteiger partial charge on any atom is -0.465 e. The number of ether oxygens (including phenoxy) is 1. The molecule has 0 unspecified atom stereocenters. The first-order valence-corrected chi connectivity index (χ1v) is 4.97. The number of carbonyl (C=O) groups excluding carboxylic acids is 1. The van der Waals surface area contributed by atoms with Gasteiger partial charge in [0.25, 0.3) is 0 Å². The van der Waals surface area contributed by atoms with E-state index in [0.717, 1.165) is 12.0 Å². The molecule has 14 heavy (non-hydrogen) atoms. The van der Waals surface area contributed by atoms with Crippen molar-refractivity contribution in [2.75, 3.05) is 6.61 Å². The molecule has 0 saturated carbocycles. The van der Waals surface area contributed by atoms with E-state index in [0.29, 0.717) is 6.61 Å². The third kappa shape index (κ3) is 2.87. The van der Waals surface area contributed by atoms with Crippen LogP contribution in [0.1, 0.15) is 31.7 Å². The van der Waals surface area contributed by atoms with Gasteiger partial charge in [0.15, 0.2) is 0 Å². The molecule has 0 amide bonds. The molecule has 0 saturated heterocycles. The zero-order chi connectivity index (χ0) is 10.4. The molecule has 2 nitrogen and oxygen atoms in total. The first-order chi connectivity index (χ1) is 6.75. The van der Waals surface area contributed by atoms with Crippen molar-refractivity contribution >= 4 is 5.97 Å². The average Bonchev–Trinajstić information content (AvgIpc) is 2.26. The van der Waals surface area contributed by atoms with Crippen molar-refractivity contribution in [1.29, 1.82) is 0 Å². The first-order valence-electron chi connectivity index (χ1n) is 4.97. The maximum atomic E-state index is 11.5. The summed E-state index contributed by atoms with van der Waals surface area (Å²) in [5, 5.41) is 0. The van der Waals surface area contributed by atoms with Gasteiger partial charge < -0.3 is 4.74 Å². The van der Waals surface area contributed by atoms with Gasteiger partial charge in [-0.25, -0.2) is 0 Å². The Hall–Kier alpha value is -1.31. The van der Waals surface area contributed by atoms with Gasteiger partial charge in [0.1, 0.15) is 0 Å². The normalized spacial score (nSPS) is 12.1. The van der Waals surface area contributed by atoms with Gasteiger partial charge in [0.2, 0.25) is 0 Å². The van der Waals surface area contributed by atoms with Gasteiger partial charge >= 0.3 is 5.97 Å². The van der Waals surface area contributed by atoms with Gasteiger partial charge in [0, 0.05) is 0 Å². The largest absolute Gasteiger partial charge is 0.465 e. The predicted molar refractivity (Wildman–Crippen MR) is 56.1 cm³/mol. The van der Waals surface area contributed by atoms with Crippen molar-refractivity contribution in [1.82, 2.24) is 0 Å². The van der Waals surface area contributed by atoms with Crippen LogP contribution in [0.3, 0.4) is 0 Å². The zero-order valence-electron chi connectivity index (χ0n) is 8.69. The van der Waals surface area contributed by atoms with Crippen molar-refractivity contribution in [2.45, 2.75) is 26.2 Å². The van der Waals surface area contributed by atoms with Gasteiger partial charge in [-0.05, 0) is 18.9 Å². The average molecular weight is 192 g/mol. The highest BCUT2D eigenvalue weighted by molar-refractivity contribution is 5.77. The molecule has 1 aromatic rings. The molecule has 0 fully saturated rings. The van der Waals surface area contributed by atoms with Crippen molar-refractivity contribution in [3.8, 4) is 0 Å². The van der Waals surface area contributed by atoms with Crippen LogP contribution in [-0.2, 0) is 9.53 Å². The van der Waals surface area contributed by atoms with Crippen LogP contribution in [-0.4, -0.2) is 12.6 Å². The fourth-order valence-electron chi connectivity index (χ4n) is 1.21. The lowest BCUT2D eigenvalue weighted by molar-refractivity contribution is -0.145. The van der Waals surface area contributed by atoms with Crippen LogP contribution in [0.25, 0.3) is 0 Å². The van der Waals surface area contributed by atoms with Crippen LogP contribution in [0.5, 0.6) is 0 Å². The standard InChI is InChI=1S/C12H16O2/c1-3-9-14-12(13)10(2)11-7-5-4-6-8-11/h4-8,10H,3,9H2,1-2H3/t10-/m1/s1. The zero-order valence-corrected chi connectivity index (χ0v) is 8.69. The van der Waals surface area contributed by atoms with E-state index in [4.69, 9.17) is 4.74 Å². The van der Waals surface area contributed by atoms with E-state index >= 15 is 0 Å². The molecule has 0 bridgehead atoms. The van der Waals surface area contributed by atoms with Crippen molar-refractivity contribution in [2.24, 2.45) is 0 Å². The van der Waals surface area contributed by atoms with Crippen LogP contribution in [0.2, 0.25) is 0 Å². The van der Waals surface area contributed by atoms with Crippen LogP contribution in [0.4, 0.5) is 0 Å². The lowest BCUT2D eigenvalue weighted by atomic mass is 10.0. The molecule has 0 N–H and O–H groups in total. The third-order valence-electron chi connectivity index (χ3n) is 2.10. The highest BCUT2D eigenvalue weighted by Gasteiger charge is 2.15. The minimum absolute atomic E-state index is 0.141. The lowest BCUT2D eigenvalue weighted by Gasteiger charge is -2.10. The summed E-state index contributed by atoms with van der Waals surface area (Å²) in [5.41, 5.74) is 1.01. The Morgan fingerprint density at radius 2 is 2.00 bits per heavy atom. The van der Waals surface area contributed by atoms with Crippen molar-refractivity contribution in [3.63, 3.8) is 0 Å². The highest BCUT2D eigenvalue weighted by atomic mass is 16.5. The number of rotatable bonds is 4. The van der Waals surface area contributed by atoms with Crippen molar-refractivity contribution in [3.05, 3.63) is 35.9 Å². The summed E-state index contributed by atoms with van der Waals surface area (Å²) in [6.07, 6.45) is 0.868. The van der Waals surface area contributed by atoms with Crippen molar-refractivity contribution < 1.29 is 9.53 Å². The van der Waals surface area contributed by atoms with E-state index in [1.165, 1.54) is 0 Å². The van der Waals surface area contributed by atoms with Gasteiger partial charge in [-0.2, -0.15) is 0 Å². The molecule has 1 atom stereocenters. The fourth-order valence-corrected chi connectivity index (χ4v) is 1.21. The molecule has 1 aromatic carbocycles. The number of benzene rings is 1. The molecule has 76 valence electrons. The summed E-state index contributed by atoms with van der Waals surface area (Å²) in [6.45, 7) is 4.36. The second kappa shape index (κ2) is 5.43. The number of esters is 1. The summed E-state index contributed by atoms with van der Waals surface area (Å²) >= 11 is 0. The summed E-state index contributed by atoms with van der Waals surface area (Å²) in [7, 11) is 0. The van der Waals surface area contributed by atoms with E-state index in [9.17, 15) is 4.79 Å². The molecule has 0 aliphatic rings. The number of hydrogen-bond acceptors (Lipinski definition) is 2. The minimum atomic E-state index is -0.164. The molecular weight excluding hydrogens is 176 g/mol. The molecule has 0 aliphatic carbocycles. The molecule has 0 aromatic heterocycles. The van der Waals surface area contributed by atoms with Crippen LogP contribution in [0.15, 0.2) is 30.3 Å². The monoisotopic (exact) mass is 192 g/mol. The topological polar surface area (TPSA) is 26.3 Å². The molecule has 0 aliphatic heterocycles. The summed E-state index contributed by atoms with van der Waals surface area (Å²) in [5.74, 6) is -0.305. The number of carbonyl (C=O) groups is 1. The first kappa shape index (κ1) is 10.8. The Balaban J connectivity index is 2.57. The van der Waals surface area contributed by atoms with E-state index in [2.05, 4.69) is 0 Å². The third-order valence-corrected chi connectivity index (χ3v) is 2.10. The van der Waals surface area contributed by atoms with E-state index < -0.39 is 0 Å². The predicted octanol–water partition coefficient (Wildman–Crippen LogP) is 2.74. The summed E-state index contributed by atoms with van der Waals surface area (Å²) < 4.78 is 5.07. The Bertz CT molecular complexity index is 280. The quantitative estimate of drug-likeness (QED) is 0.686. The SMILES string of the molecule is CCCOC(=O)[C@H](C)c1ccccc1. The molecule has 0 radical (unpaired) electrons. The van der Waals surface area contributed by atoms with Crippen LogP contribution >= 0.6 is 0 Å². The summed E-state index contributed by atoms with van der Waals surface area (Å²) in [6, 6.07) is 9.68. The Morgan fingerprint density at radius 3 is 2.57 bits per heavy atom. The Kier molecular flexibility index (Phi) is 4.17. The molecule has 0 spiro atoms. The van der Waals surface area contributed by atoms with Gasteiger partial charge in [-0.15, -0.1) is 0 Å². The second-order valence-electron chi connectivity index (χ2n) is 3.30.